The molecule has 0 radical (unpaired) electrons. The maximum Gasteiger partial charge on any atom is 0.338 e. The van der Waals surface area contributed by atoms with Crippen molar-refractivity contribution in [3.8, 4) is 0 Å². The van der Waals surface area contributed by atoms with Crippen LogP contribution in [0.1, 0.15) is 35.3 Å². The largest absolute Gasteiger partial charge is 0.462 e. The average Bonchev–Trinajstić information content (AvgIpc) is 3.13. The number of benzene rings is 2. The lowest BCUT2D eigenvalue weighted by molar-refractivity contribution is -0.117. The Hall–Kier alpha value is -2.41. The summed E-state index contributed by atoms with van der Waals surface area (Å²) in [6.45, 7) is 2.05. The van der Waals surface area contributed by atoms with Gasteiger partial charge in [0.15, 0.2) is 0 Å². The van der Waals surface area contributed by atoms with E-state index in [1.165, 1.54) is 0 Å². The molecule has 1 fully saturated rings. The number of esters is 1. The molecule has 1 saturated heterocycles. The maximum absolute atomic E-state index is 12.5. The number of carbonyl (C=O) groups excluding carboxylic acids is 2. The molecule has 1 amide bonds. The lowest BCUT2D eigenvalue weighted by Crippen LogP contribution is -2.39. The van der Waals surface area contributed by atoms with Crippen LogP contribution in [0.2, 0.25) is 5.02 Å². The SMILES string of the molecule is CCOC(=O)c1cccc(NC(=O)C2CC(c3ccc(Cl)cc3)NN2)c1. The first-order valence-electron chi connectivity index (χ1n) is 8.41. The van der Waals surface area contributed by atoms with E-state index in [2.05, 4.69) is 16.2 Å². The molecule has 1 aliphatic heterocycles. The van der Waals surface area contributed by atoms with Crippen molar-refractivity contribution < 1.29 is 14.3 Å². The predicted molar refractivity (Wildman–Crippen MR) is 99.9 cm³/mol. The third-order valence-electron chi connectivity index (χ3n) is 4.13. The van der Waals surface area contributed by atoms with E-state index in [-0.39, 0.29) is 18.0 Å². The van der Waals surface area contributed by atoms with Crippen molar-refractivity contribution in [3.63, 3.8) is 0 Å². The lowest BCUT2D eigenvalue weighted by Gasteiger charge is -2.11. The smallest absolute Gasteiger partial charge is 0.338 e. The topological polar surface area (TPSA) is 79.5 Å². The van der Waals surface area contributed by atoms with Crippen molar-refractivity contribution in [2.75, 3.05) is 11.9 Å². The highest BCUT2D eigenvalue weighted by Gasteiger charge is 2.30. The fourth-order valence-electron chi connectivity index (χ4n) is 2.81. The molecule has 2 atom stereocenters. The zero-order chi connectivity index (χ0) is 18.5. The summed E-state index contributed by atoms with van der Waals surface area (Å²) in [5, 5.41) is 3.51. The highest BCUT2D eigenvalue weighted by Crippen LogP contribution is 2.24. The van der Waals surface area contributed by atoms with Crippen molar-refractivity contribution in [2.45, 2.75) is 25.4 Å². The van der Waals surface area contributed by atoms with E-state index in [0.29, 0.717) is 29.3 Å². The normalized spacial score (nSPS) is 19.2. The van der Waals surface area contributed by atoms with E-state index in [1.807, 2.05) is 24.3 Å². The molecule has 7 heteroatoms. The van der Waals surface area contributed by atoms with Gasteiger partial charge in [0.05, 0.1) is 12.2 Å². The minimum Gasteiger partial charge on any atom is -0.462 e. The number of hydrogen-bond acceptors (Lipinski definition) is 5. The lowest BCUT2D eigenvalue weighted by atomic mass is 10.0. The summed E-state index contributed by atoms with van der Waals surface area (Å²) in [5.74, 6) is -0.581. The molecule has 26 heavy (non-hydrogen) atoms. The van der Waals surface area contributed by atoms with Crippen LogP contribution in [0.4, 0.5) is 5.69 Å². The highest BCUT2D eigenvalue weighted by molar-refractivity contribution is 6.30. The van der Waals surface area contributed by atoms with Crippen LogP contribution in [-0.2, 0) is 9.53 Å². The van der Waals surface area contributed by atoms with Crippen LogP contribution in [0, 0.1) is 0 Å². The van der Waals surface area contributed by atoms with Crippen LogP contribution in [0.25, 0.3) is 0 Å². The summed E-state index contributed by atoms with van der Waals surface area (Å²) in [5.41, 5.74) is 8.15. The standard InChI is InChI=1S/C19H20ClN3O3/c1-2-26-19(25)13-4-3-5-15(10-13)21-18(24)17-11-16(22-23-17)12-6-8-14(20)9-7-12/h3-10,16-17,22-23H,2,11H2,1H3,(H,21,24). The van der Waals surface area contributed by atoms with Gasteiger partial charge in [0, 0.05) is 16.8 Å². The van der Waals surface area contributed by atoms with Gasteiger partial charge in [-0.2, -0.15) is 0 Å². The summed E-state index contributed by atoms with van der Waals surface area (Å²) in [6, 6.07) is 13.9. The molecule has 2 aromatic carbocycles. The molecule has 0 saturated carbocycles. The van der Waals surface area contributed by atoms with Gasteiger partial charge in [-0.3, -0.25) is 4.79 Å². The third kappa shape index (κ3) is 4.40. The van der Waals surface area contributed by atoms with Crippen LogP contribution in [0.15, 0.2) is 48.5 Å². The van der Waals surface area contributed by atoms with Gasteiger partial charge in [-0.15, -0.1) is 0 Å². The Balaban J connectivity index is 1.61. The van der Waals surface area contributed by atoms with Crippen molar-refractivity contribution in [2.24, 2.45) is 0 Å². The third-order valence-corrected chi connectivity index (χ3v) is 4.39. The molecular weight excluding hydrogens is 354 g/mol. The molecular formula is C19H20ClN3O3. The molecule has 136 valence electrons. The average molecular weight is 374 g/mol. The number of rotatable bonds is 5. The Labute approximate surface area is 156 Å². The van der Waals surface area contributed by atoms with Crippen molar-refractivity contribution in [1.29, 1.82) is 0 Å². The predicted octanol–water partition coefficient (Wildman–Crippen LogP) is 3.06. The number of amides is 1. The van der Waals surface area contributed by atoms with E-state index in [0.717, 1.165) is 5.56 Å². The number of carbonyl (C=O) groups is 2. The summed E-state index contributed by atoms with van der Waals surface area (Å²) < 4.78 is 4.98. The molecule has 0 aromatic heterocycles. The number of ether oxygens (including phenoxy) is 1. The molecule has 3 N–H and O–H groups in total. The Kier molecular flexibility index (Phi) is 5.88. The molecule has 6 nitrogen and oxygen atoms in total. The number of anilines is 1. The summed E-state index contributed by atoms with van der Waals surface area (Å²) in [4.78, 5) is 24.3. The number of nitrogens with one attached hydrogen (secondary N) is 3. The van der Waals surface area contributed by atoms with Crippen LogP contribution in [0.5, 0.6) is 0 Å². The first kappa shape index (κ1) is 18.4. The van der Waals surface area contributed by atoms with Gasteiger partial charge < -0.3 is 10.1 Å². The Morgan fingerprint density at radius 2 is 1.96 bits per heavy atom. The van der Waals surface area contributed by atoms with Crippen molar-refractivity contribution >= 4 is 29.2 Å². The zero-order valence-electron chi connectivity index (χ0n) is 14.3. The number of hydrazine groups is 1. The second-order valence-corrected chi connectivity index (χ2v) is 6.41. The van der Waals surface area contributed by atoms with Crippen LogP contribution in [-0.4, -0.2) is 24.5 Å². The van der Waals surface area contributed by atoms with Gasteiger partial charge in [-0.1, -0.05) is 29.8 Å². The second-order valence-electron chi connectivity index (χ2n) is 5.97. The van der Waals surface area contributed by atoms with E-state index in [4.69, 9.17) is 16.3 Å². The Morgan fingerprint density at radius 1 is 1.19 bits per heavy atom. The van der Waals surface area contributed by atoms with Gasteiger partial charge in [0.1, 0.15) is 6.04 Å². The van der Waals surface area contributed by atoms with Gasteiger partial charge in [-0.25, -0.2) is 15.6 Å². The molecule has 0 bridgehead atoms. The maximum atomic E-state index is 12.5. The molecule has 3 rings (SSSR count). The monoisotopic (exact) mass is 373 g/mol. The molecule has 0 aliphatic carbocycles. The van der Waals surface area contributed by atoms with Gasteiger partial charge in [0.25, 0.3) is 0 Å². The van der Waals surface area contributed by atoms with Crippen molar-refractivity contribution in [3.05, 3.63) is 64.7 Å². The Morgan fingerprint density at radius 3 is 2.69 bits per heavy atom. The van der Waals surface area contributed by atoms with E-state index < -0.39 is 5.97 Å². The second kappa shape index (κ2) is 8.31. The van der Waals surface area contributed by atoms with Gasteiger partial charge >= 0.3 is 5.97 Å². The highest BCUT2D eigenvalue weighted by atomic mass is 35.5. The molecule has 2 aromatic rings. The first-order chi connectivity index (χ1) is 12.6. The van der Waals surface area contributed by atoms with Gasteiger partial charge in [-0.05, 0) is 49.2 Å². The van der Waals surface area contributed by atoms with Crippen LogP contribution in [0.3, 0.4) is 0 Å². The minimum absolute atomic E-state index is 0.0221. The minimum atomic E-state index is -0.410. The van der Waals surface area contributed by atoms with E-state index in [9.17, 15) is 9.59 Å². The van der Waals surface area contributed by atoms with Crippen LogP contribution >= 0.6 is 11.6 Å². The summed E-state index contributed by atoms with van der Waals surface area (Å²) >= 11 is 5.91. The summed E-state index contributed by atoms with van der Waals surface area (Å²) in [7, 11) is 0. The van der Waals surface area contributed by atoms with Gasteiger partial charge in [0.2, 0.25) is 5.91 Å². The van der Waals surface area contributed by atoms with E-state index >= 15 is 0 Å². The first-order valence-corrected chi connectivity index (χ1v) is 8.79. The molecule has 0 spiro atoms. The fourth-order valence-corrected chi connectivity index (χ4v) is 2.94. The summed E-state index contributed by atoms with van der Waals surface area (Å²) in [6.07, 6.45) is 0.602. The van der Waals surface area contributed by atoms with Crippen molar-refractivity contribution in [1.82, 2.24) is 10.9 Å². The quantitative estimate of drug-likeness (QED) is 0.702. The Bertz CT molecular complexity index is 795. The van der Waals surface area contributed by atoms with Crippen LogP contribution < -0.4 is 16.2 Å². The van der Waals surface area contributed by atoms with E-state index in [1.54, 1.807) is 31.2 Å². The zero-order valence-corrected chi connectivity index (χ0v) is 15.0. The number of hydrogen-bond donors (Lipinski definition) is 3. The molecule has 1 aliphatic rings. The molecule has 2 unspecified atom stereocenters. The fraction of sp³-hybridized carbons (Fsp3) is 0.263. The number of halogens is 1. The molecule has 1 heterocycles.